The van der Waals surface area contributed by atoms with Gasteiger partial charge in [-0.15, -0.1) is 5.10 Å². The Bertz CT molecular complexity index is 248. The van der Waals surface area contributed by atoms with Crippen LogP contribution in [-0.2, 0) is 6.42 Å². The maximum Gasteiger partial charge on any atom is 0.233 e. The number of nitrogens with one attached hydrogen (secondary N) is 1. The van der Waals surface area contributed by atoms with Gasteiger partial charge in [-0.1, -0.05) is 6.92 Å². The van der Waals surface area contributed by atoms with Gasteiger partial charge in [-0.05, 0) is 32.5 Å². The van der Waals surface area contributed by atoms with Crippen molar-refractivity contribution in [1.82, 2.24) is 15.5 Å². The predicted molar refractivity (Wildman–Crippen MR) is 55.4 cm³/mol. The van der Waals surface area contributed by atoms with Gasteiger partial charge in [0.15, 0.2) is 0 Å². The van der Waals surface area contributed by atoms with E-state index in [1.165, 1.54) is 0 Å². The molecule has 0 aromatic carbocycles. The molecular formula is C10H17N3O. The number of rotatable bonds is 6. The summed E-state index contributed by atoms with van der Waals surface area (Å²) < 4.78 is 5.39. The summed E-state index contributed by atoms with van der Waals surface area (Å²) in [5.41, 5.74) is 0.993. The van der Waals surface area contributed by atoms with Crippen LogP contribution in [0.5, 0.6) is 5.88 Å². The van der Waals surface area contributed by atoms with Gasteiger partial charge in [-0.2, -0.15) is 5.10 Å². The lowest BCUT2D eigenvalue weighted by molar-refractivity contribution is 0.294. The fraction of sp³-hybridized carbons (Fsp3) is 0.600. The third kappa shape index (κ3) is 3.70. The van der Waals surface area contributed by atoms with Crippen LogP contribution in [0.3, 0.4) is 0 Å². The van der Waals surface area contributed by atoms with Gasteiger partial charge in [-0.25, -0.2) is 0 Å². The quantitative estimate of drug-likeness (QED) is 0.689. The maximum absolute atomic E-state index is 5.39. The van der Waals surface area contributed by atoms with E-state index in [4.69, 9.17) is 4.74 Å². The molecule has 0 saturated carbocycles. The van der Waals surface area contributed by atoms with E-state index in [0.717, 1.165) is 25.1 Å². The minimum absolute atomic E-state index is 0.610. The Labute approximate surface area is 84.7 Å². The molecular weight excluding hydrogens is 178 g/mol. The van der Waals surface area contributed by atoms with Gasteiger partial charge in [0.25, 0.3) is 0 Å². The summed E-state index contributed by atoms with van der Waals surface area (Å²) in [6, 6.07) is 3.81. The van der Waals surface area contributed by atoms with Gasteiger partial charge >= 0.3 is 0 Å². The first-order valence-electron chi connectivity index (χ1n) is 4.96. The van der Waals surface area contributed by atoms with Crippen molar-refractivity contribution >= 4 is 0 Å². The highest BCUT2D eigenvalue weighted by molar-refractivity contribution is 5.11. The summed E-state index contributed by atoms with van der Waals surface area (Å²) in [5.74, 6) is 0.610. The minimum atomic E-state index is 0.610. The Morgan fingerprint density at radius 3 is 2.79 bits per heavy atom. The third-order valence-corrected chi connectivity index (χ3v) is 1.88. The number of nitrogens with zero attached hydrogens (tertiary/aromatic N) is 2. The van der Waals surface area contributed by atoms with Crippen LogP contribution in [0.1, 0.15) is 19.0 Å². The first kappa shape index (κ1) is 10.9. The van der Waals surface area contributed by atoms with Crippen LogP contribution in [0.4, 0.5) is 0 Å². The summed E-state index contributed by atoms with van der Waals surface area (Å²) in [4.78, 5) is 0. The molecule has 4 nitrogen and oxygen atoms in total. The number of hydrogen-bond acceptors (Lipinski definition) is 4. The van der Waals surface area contributed by atoms with Crippen molar-refractivity contribution in [2.45, 2.75) is 19.8 Å². The van der Waals surface area contributed by atoms with Crippen molar-refractivity contribution in [2.24, 2.45) is 0 Å². The van der Waals surface area contributed by atoms with Crippen molar-refractivity contribution in [3.63, 3.8) is 0 Å². The molecule has 1 aromatic rings. The summed E-state index contributed by atoms with van der Waals surface area (Å²) in [6.45, 7) is 3.69. The molecule has 0 amide bonds. The van der Waals surface area contributed by atoms with Crippen LogP contribution >= 0.6 is 0 Å². The molecule has 78 valence electrons. The molecule has 1 heterocycles. The molecule has 0 saturated heterocycles. The lowest BCUT2D eigenvalue weighted by atomic mass is 10.3. The first-order valence-corrected chi connectivity index (χ1v) is 4.96. The Morgan fingerprint density at radius 1 is 1.36 bits per heavy atom. The number of hydrogen-bond donors (Lipinski definition) is 1. The SMILES string of the molecule is CCc1ccc(OCCCNC)nn1. The van der Waals surface area contributed by atoms with Crippen LogP contribution in [-0.4, -0.2) is 30.4 Å². The lowest BCUT2D eigenvalue weighted by Gasteiger charge is -2.04. The van der Waals surface area contributed by atoms with E-state index in [9.17, 15) is 0 Å². The summed E-state index contributed by atoms with van der Waals surface area (Å²) in [5, 5.41) is 11.0. The Hall–Kier alpha value is -1.16. The average molecular weight is 195 g/mol. The van der Waals surface area contributed by atoms with Crippen molar-refractivity contribution in [1.29, 1.82) is 0 Å². The van der Waals surface area contributed by atoms with E-state index in [0.29, 0.717) is 12.5 Å². The molecule has 0 fully saturated rings. The Kier molecular flexibility index (Phi) is 4.93. The van der Waals surface area contributed by atoms with E-state index in [-0.39, 0.29) is 0 Å². The van der Waals surface area contributed by atoms with E-state index < -0.39 is 0 Å². The van der Waals surface area contributed by atoms with E-state index in [1.54, 1.807) is 0 Å². The van der Waals surface area contributed by atoms with Gasteiger partial charge in [0.1, 0.15) is 0 Å². The molecule has 1 aromatic heterocycles. The molecule has 0 unspecified atom stereocenters. The largest absolute Gasteiger partial charge is 0.477 e. The maximum atomic E-state index is 5.39. The molecule has 0 atom stereocenters. The predicted octanol–water partition coefficient (Wildman–Crippen LogP) is 1.03. The zero-order valence-electron chi connectivity index (χ0n) is 8.79. The first-order chi connectivity index (χ1) is 6.86. The second-order valence-electron chi connectivity index (χ2n) is 3.02. The van der Waals surface area contributed by atoms with Crippen molar-refractivity contribution in [2.75, 3.05) is 20.2 Å². The van der Waals surface area contributed by atoms with E-state index in [2.05, 4.69) is 22.4 Å². The van der Waals surface area contributed by atoms with Crippen LogP contribution < -0.4 is 10.1 Å². The van der Waals surface area contributed by atoms with E-state index >= 15 is 0 Å². The van der Waals surface area contributed by atoms with Gasteiger partial charge in [-0.3, -0.25) is 0 Å². The van der Waals surface area contributed by atoms with Crippen LogP contribution in [0, 0.1) is 0 Å². The minimum Gasteiger partial charge on any atom is -0.477 e. The standard InChI is InChI=1S/C10H17N3O/c1-3-9-5-6-10(13-12-9)14-8-4-7-11-2/h5-6,11H,3-4,7-8H2,1-2H3. The highest BCUT2D eigenvalue weighted by Crippen LogP contribution is 2.05. The third-order valence-electron chi connectivity index (χ3n) is 1.88. The van der Waals surface area contributed by atoms with E-state index in [1.807, 2.05) is 19.2 Å². The van der Waals surface area contributed by atoms with Crippen LogP contribution in [0.2, 0.25) is 0 Å². The van der Waals surface area contributed by atoms with Crippen LogP contribution in [0.15, 0.2) is 12.1 Å². The smallest absolute Gasteiger partial charge is 0.233 e. The van der Waals surface area contributed by atoms with Crippen LogP contribution in [0.25, 0.3) is 0 Å². The van der Waals surface area contributed by atoms with Gasteiger partial charge < -0.3 is 10.1 Å². The second kappa shape index (κ2) is 6.32. The molecule has 0 aliphatic heterocycles. The topological polar surface area (TPSA) is 47.0 Å². The molecule has 14 heavy (non-hydrogen) atoms. The second-order valence-corrected chi connectivity index (χ2v) is 3.02. The van der Waals surface area contributed by atoms with Gasteiger partial charge in [0.2, 0.25) is 5.88 Å². The summed E-state index contributed by atoms with van der Waals surface area (Å²) in [6.07, 6.45) is 1.89. The fourth-order valence-corrected chi connectivity index (χ4v) is 1.04. The summed E-state index contributed by atoms with van der Waals surface area (Å²) in [7, 11) is 1.93. The Morgan fingerprint density at radius 2 is 2.21 bits per heavy atom. The highest BCUT2D eigenvalue weighted by atomic mass is 16.5. The molecule has 4 heteroatoms. The number of aryl methyl sites for hydroxylation is 1. The highest BCUT2D eigenvalue weighted by Gasteiger charge is 1.96. The zero-order chi connectivity index (χ0) is 10.2. The fourth-order valence-electron chi connectivity index (χ4n) is 1.04. The lowest BCUT2D eigenvalue weighted by Crippen LogP contribution is -2.12. The number of aromatic nitrogens is 2. The average Bonchev–Trinajstić information content (AvgIpc) is 2.25. The van der Waals surface area contributed by atoms with Gasteiger partial charge in [0, 0.05) is 6.07 Å². The van der Waals surface area contributed by atoms with Crippen molar-refractivity contribution in [3.05, 3.63) is 17.8 Å². The molecule has 0 spiro atoms. The Balaban J connectivity index is 2.29. The molecule has 0 aliphatic rings. The molecule has 0 aliphatic carbocycles. The van der Waals surface area contributed by atoms with Crippen molar-refractivity contribution in [3.8, 4) is 5.88 Å². The number of ether oxygens (including phenoxy) is 1. The van der Waals surface area contributed by atoms with Gasteiger partial charge in [0.05, 0.1) is 12.3 Å². The monoisotopic (exact) mass is 195 g/mol. The molecule has 0 radical (unpaired) electrons. The van der Waals surface area contributed by atoms with Crippen molar-refractivity contribution < 1.29 is 4.74 Å². The summed E-state index contributed by atoms with van der Waals surface area (Å²) >= 11 is 0. The normalized spacial score (nSPS) is 10.1. The zero-order valence-corrected chi connectivity index (χ0v) is 8.79. The molecule has 1 N–H and O–H groups in total. The molecule has 0 bridgehead atoms. The molecule has 1 rings (SSSR count).